The Kier molecular flexibility index (Phi) is 5.20. The average molecular weight is 359 g/mol. The number of amides is 1. The van der Waals surface area contributed by atoms with E-state index in [1.165, 1.54) is 18.5 Å². The summed E-state index contributed by atoms with van der Waals surface area (Å²) in [6, 6.07) is 6.43. The minimum atomic E-state index is -0.637. The largest absolute Gasteiger partial charge is 0.351 e. The molecule has 0 radical (unpaired) electrons. The molecule has 0 saturated carbocycles. The van der Waals surface area contributed by atoms with E-state index in [2.05, 4.69) is 15.6 Å². The molecule has 1 saturated heterocycles. The second kappa shape index (κ2) is 7.39. The molecule has 1 aliphatic rings. The molecular weight excluding hydrogens is 337 g/mol. The minimum Gasteiger partial charge on any atom is -0.351 e. The zero-order valence-corrected chi connectivity index (χ0v) is 15.0. The zero-order valence-electron chi connectivity index (χ0n) is 15.0. The first-order valence-corrected chi connectivity index (χ1v) is 8.41. The summed E-state index contributed by atoms with van der Waals surface area (Å²) in [5, 5.41) is 5.76. The lowest BCUT2D eigenvalue weighted by molar-refractivity contribution is -0.137. The van der Waals surface area contributed by atoms with E-state index in [9.17, 15) is 9.18 Å². The molecule has 1 unspecified atom stereocenters. The molecule has 2 aromatic rings. The van der Waals surface area contributed by atoms with Crippen LogP contribution in [0.2, 0.25) is 0 Å². The molecule has 1 atom stereocenters. The highest BCUT2D eigenvalue weighted by atomic mass is 19.1. The van der Waals surface area contributed by atoms with E-state index in [-0.39, 0.29) is 23.5 Å². The van der Waals surface area contributed by atoms with Crippen molar-refractivity contribution in [3.8, 4) is 0 Å². The molecule has 0 spiro atoms. The first-order valence-electron chi connectivity index (χ1n) is 8.41. The summed E-state index contributed by atoms with van der Waals surface area (Å²) in [4.78, 5) is 16.6. The minimum absolute atomic E-state index is 0.207. The maximum atomic E-state index is 14.1. The van der Waals surface area contributed by atoms with Crippen molar-refractivity contribution in [3.05, 3.63) is 53.6 Å². The molecular formula is C19H22FN3O3. The monoisotopic (exact) mass is 359 g/mol. The van der Waals surface area contributed by atoms with Gasteiger partial charge < -0.3 is 20.1 Å². The molecule has 1 fully saturated rings. The summed E-state index contributed by atoms with van der Waals surface area (Å²) in [6.07, 6.45) is 2.80. The predicted molar refractivity (Wildman–Crippen MR) is 95.9 cm³/mol. The van der Waals surface area contributed by atoms with Gasteiger partial charge in [-0.15, -0.1) is 0 Å². The molecule has 1 amide bonds. The van der Waals surface area contributed by atoms with Gasteiger partial charge >= 0.3 is 0 Å². The number of rotatable bonds is 5. The molecule has 26 heavy (non-hydrogen) atoms. The van der Waals surface area contributed by atoms with E-state index in [4.69, 9.17) is 9.47 Å². The number of carbonyl (C=O) groups excluding carboxylic acids is 1. The molecule has 7 heteroatoms. The maximum absolute atomic E-state index is 14.1. The number of anilines is 2. The van der Waals surface area contributed by atoms with Gasteiger partial charge in [0.05, 0.1) is 29.7 Å². The lowest BCUT2D eigenvalue weighted by Crippen LogP contribution is -2.34. The van der Waals surface area contributed by atoms with Crippen molar-refractivity contribution in [2.45, 2.75) is 32.7 Å². The van der Waals surface area contributed by atoms with Crippen LogP contribution in [0.25, 0.3) is 0 Å². The summed E-state index contributed by atoms with van der Waals surface area (Å²) in [7, 11) is 0. The van der Waals surface area contributed by atoms with Gasteiger partial charge in [0.25, 0.3) is 5.91 Å². The second-order valence-corrected chi connectivity index (χ2v) is 6.69. The molecule has 3 rings (SSSR count). The van der Waals surface area contributed by atoms with Crippen LogP contribution in [0.15, 0.2) is 36.7 Å². The van der Waals surface area contributed by atoms with Gasteiger partial charge in [0.1, 0.15) is 11.9 Å². The van der Waals surface area contributed by atoms with Crippen molar-refractivity contribution in [2.75, 3.05) is 18.5 Å². The highest BCUT2D eigenvalue weighted by molar-refractivity contribution is 6.00. The van der Waals surface area contributed by atoms with Crippen molar-refractivity contribution in [3.63, 3.8) is 0 Å². The normalized spacial score (nSPS) is 18.5. The Morgan fingerprint density at radius 1 is 1.35 bits per heavy atom. The van der Waals surface area contributed by atoms with Gasteiger partial charge in [-0.25, -0.2) is 4.39 Å². The lowest BCUT2D eigenvalue weighted by atomic mass is 10.1. The van der Waals surface area contributed by atoms with Crippen molar-refractivity contribution in [1.29, 1.82) is 0 Å². The molecule has 1 aromatic heterocycles. The molecule has 138 valence electrons. The number of halogens is 1. The smallest absolute Gasteiger partial charge is 0.253 e. The van der Waals surface area contributed by atoms with Gasteiger partial charge in [0.2, 0.25) is 0 Å². The van der Waals surface area contributed by atoms with Crippen molar-refractivity contribution >= 4 is 17.3 Å². The molecule has 2 heterocycles. The number of pyridine rings is 1. The zero-order chi connectivity index (χ0) is 18.7. The summed E-state index contributed by atoms with van der Waals surface area (Å²) in [5.74, 6) is -1.32. The quantitative estimate of drug-likeness (QED) is 0.858. The third-order valence-electron chi connectivity index (χ3n) is 4.02. The average Bonchev–Trinajstić information content (AvgIpc) is 2.95. The number of benzene rings is 1. The highest BCUT2D eigenvalue weighted by Crippen LogP contribution is 2.24. The molecule has 2 N–H and O–H groups in total. The van der Waals surface area contributed by atoms with E-state index >= 15 is 0 Å². The Labute approximate surface area is 151 Å². The summed E-state index contributed by atoms with van der Waals surface area (Å²) < 4.78 is 25.2. The summed E-state index contributed by atoms with van der Waals surface area (Å²) >= 11 is 0. The molecule has 6 nitrogen and oxygen atoms in total. The predicted octanol–water partition coefficient (Wildman–Crippen LogP) is 3.15. The van der Waals surface area contributed by atoms with Crippen LogP contribution < -0.4 is 10.6 Å². The van der Waals surface area contributed by atoms with E-state index in [1.807, 2.05) is 20.8 Å². The van der Waals surface area contributed by atoms with Gasteiger partial charge in [-0.2, -0.15) is 0 Å². The van der Waals surface area contributed by atoms with Crippen LogP contribution in [0, 0.1) is 12.7 Å². The number of aromatic nitrogens is 1. The van der Waals surface area contributed by atoms with Crippen LogP contribution in [0.3, 0.4) is 0 Å². The topological polar surface area (TPSA) is 72.5 Å². The standard InChI is InChI=1S/C19H22FN3O3/c1-12-4-5-16(15(20)8-12)23-17-10-21-7-6-14(17)18(24)22-9-13-11-25-19(2,3)26-13/h4-8,10,13,23H,9,11H2,1-3H3,(H,22,24). The number of aryl methyl sites for hydroxylation is 1. The number of carbonyl (C=O) groups is 1. The van der Waals surface area contributed by atoms with E-state index < -0.39 is 5.79 Å². The number of nitrogens with zero attached hydrogens (tertiary/aromatic N) is 1. The first-order chi connectivity index (χ1) is 12.3. The van der Waals surface area contributed by atoms with Crippen LogP contribution >= 0.6 is 0 Å². The Hall–Kier alpha value is -2.51. The van der Waals surface area contributed by atoms with Gasteiger partial charge in [0, 0.05) is 12.7 Å². The number of ether oxygens (including phenoxy) is 2. The van der Waals surface area contributed by atoms with Gasteiger partial charge in [-0.05, 0) is 44.5 Å². The molecule has 1 aliphatic heterocycles. The van der Waals surface area contributed by atoms with E-state index in [0.29, 0.717) is 24.4 Å². The van der Waals surface area contributed by atoms with Crippen LogP contribution in [0.5, 0.6) is 0 Å². The van der Waals surface area contributed by atoms with Crippen molar-refractivity contribution in [2.24, 2.45) is 0 Å². The summed E-state index contributed by atoms with van der Waals surface area (Å²) in [6.45, 7) is 6.21. The van der Waals surface area contributed by atoms with Crippen molar-refractivity contribution in [1.82, 2.24) is 10.3 Å². The Morgan fingerprint density at radius 2 is 2.15 bits per heavy atom. The van der Waals surface area contributed by atoms with Crippen molar-refractivity contribution < 1.29 is 18.7 Å². The van der Waals surface area contributed by atoms with Gasteiger partial charge in [0.15, 0.2) is 5.79 Å². The SMILES string of the molecule is Cc1ccc(Nc2cnccc2C(=O)NCC2COC(C)(C)O2)c(F)c1. The molecule has 0 aliphatic carbocycles. The summed E-state index contributed by atoms with van der Waals surface area (Å²) in [5.41, 5.74) is 1.90. The third kappa shape index (κ3) is 4.36. The van der Waals surface area contributed by atoms with Crippen LogP contribution in [-0.4, -0.2) is 35.9 Å². The fourth-order valence-electron chi connectivity index (χ4n) is 2.72. The Balaban J connectivity index is 1.69. The highest BCUT2D eigenvalue weighted by Gasteiger charge is 2.32. The number of hydrogen-bond donors (Lipinski definition) is 2. The van der Waals surface area contributed by atoms with Crippen LogP contribution in [0.4, 0.5) is 15.8 Å². The fraction of sp³-hybridized carbons (Fsp3) is 0.368. The Morgan fingerprint density at radius 3 is 2.85 bits per heavy atom. The fourth-order valence-corrected chi connectivity index (χ4v) is 2.72. The molecule has 1 aromatic carbocycles. The number of hydrogen-bond acceptors (Lipinski definition) is 5. The Bertz CT molecular complexity index is 810. The third-order valence-corrected chi connectivity index (χ3v) is 4.02. The number of nitrogens with one attached hydrogen (secondary N) is 2. The molecule has 0 bridgehead atoms. The van der Waals surface area contributed by atoms with Gasteiger partial charge in [-0.1, -0.05) is 6.07 Å². The van der Waals surface area contributed by atoms with E-state index in [0.717, 1.165) is 5.56 Å². The van der Waals surface area contributed by atoms with Crippen LogP contribution in [-0.2, 0) is 9.47 Å². The lowest BCUT2D eigenvalue weighted by Gasteiger charge is -2.17. The van der Waals surface area contributed by atoms with E-state index in [1.54, 1.807) is 18.2 Å². The van der Waals surface area contributed by atoms with Crippen LogP contribution in [0.1, 0.15) is 29.8 Å². The maximum Gasteiger partial charge on any atom is 0.253 e. The first kappa shape index (κ1) is 18.3. The van der Waals surface area contributed by atoms with Gasteiger partial charge in [-0.3, -0.25) is 9.78 Å². The second-order valence-electron chi connectivity index (χ2n) is 6.69.